The van der Waals surface area contributed by atoms with Crippen molar-refractivity contribution in [3.63, 3.8) is 0 Å². The Morgan fingerprint density at radius 3 is 2.10 bits per heavy atom. The predicted molar refractivity (Wildman–Crippen MR) is 107 cm³/mol. The van der Waals surface area contributed by atoms with Crippen molar-refractivity contribution in [1.82, 2.24) is 4.90 Å². The Labute approximate surface area is 169 Å². The highest BCUT2D eigenvalue weighted by molar-refractivity contribution is 6.49. The number of amides is 1. The summed E-state index contributed by atoms with van der Waals surface area (Å²) in [7, 11) is 0. The number of hydrogen-bond donors (Lipinski definition) is 0. The summed E-state index contributed by atoms with van der Waals surface area (Å²) in [6.07, 6.45) is 2.06. The van der Waals surface area contributed by atoms with Gasteiger partial charge in [-0.3, -0.25) is 14.4 Å². The minimum atomic E-state index is -0.648. The number of nitrogens with zero attached hydrogens (tertiary/aromatic N) is 1. The van der Waals surface area contributed by atoms with Crippen LogP contribution in [0.3, 0.4) is 0 Å². The molecule has 1 atom stereocenters. The average molecular weight is 393 g/mol. The van der Waals surface area contributed by atoms with Gasteiger partial charge in [-0.25, -0.2) is 4.79 Å². The number of piperidine rings is 1. The lowest BCUT2D eigenvalue weighted by Gasteiger charge is -2.30. The van der Waals surface area contributed by atoms with E-state index in [1.165, 1.54) is 24.3 Å². The maximum absolute atomic E-state index is 12.3. The lowest BCUT2D eigenvalue weighted by Crippen LogP contribution is -2.41. The van der Waals surface area contributed by atoms with Crippen molar-refractivity contribution >= 4 is 23.4 Å². The molecule has 1 aliphatic rings. The van der Waals surface area contributed by atoms with E-state index in [0.29, 0.717) is 24.6 Å². The summed E-state index contributed by atoms with van der Waals surface area (Å²) in [6, 6.07) is 13.9. The molecule has 0 aliphatic carbocycles. The van der Waals surface area contributed by atoms with Gasteiger partial charge in [0.2, 0.25) is 11.6 Å². The van der Waals surface area contributed by atoms with Gasteiger partial charge in [0.1, 0.15) is 0 Å². The molecule has 29 heavy (non-hydrogen) atoms. The van der Waals surface area contributed by atoms with Crippen LogP contribution in [0.25, 0.3) is 0 Å². The van der Waals surface area contributed by atoms with Crippen molar-refractivity contribution in [2.24, 2.45) is 5.92 Å². The van der Waals surface area contributed by atoms with Crippen molar-refractivity contribution in [1.29, 1.82) is 0 Å². The molecule has 2 aromatic carbocycles. The topological polar surface area (TPSA) is 80.8 Å². The molecule has 1 heterocycles. The van der Waals surface area contributed by atoms with Crippen LogP contribution in [0.2, 0.25) is 0 Å². The molecule has 6 heteroatoms. The zero-order valence-corrected chi connectivity index (χ0v) is 16.3. The summed E-state index contributed by atoms with van der Waals surface area (Å²) >= 11 is 0. The van der Waals surface area contributed by atoms with Crippen LogP contribution in [0.1, 0.15) is 50.8 Å². The summed E-state index contributed by atoms with van der Waals surface area (Å²) in [5.74, 6) is -1.65. The van der Waals surface area contributed by atoms with Crippen LogP contribution < -0.4 is 0 Å². The highest BCUT2D eigenvalue weighted by Crippen LogP contribution is 2.16. The average Bonchev–Trinajstić information content (AvgIpc) is 2.77. The number of carbonyl (C=O) groups excluding carboxylic acids is 4. The number of carbonyl (C=O) groups is 4. The van der Waals surface area contributed by atoms with E-state index in [2.05, 4.69) is 6.92 Å². The largest absolute Gasteiger partial charge is 0.452 e. The SMILES string of the molecule is C[C@@H]1CCCN(C(=O)COC(=O)c2ccc(C(=O)C(=O)c3ccccc3)cc2)C1. The number of hydrogen-bond acceptors (Lipinski definition) is 5. The molecule has 1 amide bonds. The number of esters is 1. The Kier molecular flexibility index (Phi) is 6.54. The molecular weight excluding hydrogens is 370 g/mol. The molecule has 1 fully saturated rings. The molecule has 0 unspecified atom stereocenters. The second-order valence-electron chi connectivity index (χ2n) is 7.26. The normalized spacial score (nSPS) is 16.2. The van der Waals surface area contributed by atoms with Crippen LogP contribution in [0.4, 0.5) is 0 Å². The summed E-state index contributed by atoms with van der Waals surface area (Å²) < 4.78 is 5.11. The first-order chi connectivity index (χ1) is 14.0. The lowest BCUT2D eigenvalue weighted by atomic mass is 10.0. The Morgan fingerprint density at radius 1 is 0.897 bits per heavy atom. The fraction of sp³-hybridized carbons (Fsp3) is 0.304. The minimum absolute atomic E-state index is 0.189. The van der Waals surface area contributed by atoms with Gasteiger partial charge in [-0.2, -0.15) is 0 Å². The quantitative estimate of drug-likeness (QED) is 0.428. The molecule has 1 aliphatic heterocycles. The van der Waals surface area contributed by atoms with E-state index in [-0.39, 0.29) is 23.6 Å². The smallest absolute Gasteiger partial charge is 0.338 e. The van der Waals surface area contributed by atoms with Gasteiger partial charge in [-0.05, 0) is 30.9 Å². The molecule has 0 saturated carbocycles. The Hall–Kier alpha value is -3.28. The van der Waals surface area contributed by atoms with Gasteiger partial charge in [-0.1, -0.05) is 49.4 Å². The van der Waals surface area contributed by atoms with Crippen LogP contribution in [-0.2, 0) is 9.53 Å². The first-order valence-corrected chi connectivity index (χ1v) is 9.64. The monoisotopic (exact) mass is 393 g/mol. The van der Waals surface area contributed by atoms with E-state index in [1.54, 1.807) is 35.2 Å². The molecular formula is C23H23NO5. The molecule has 0 spiro atoms. The van der Waals surface area contributed by atoms with E-state index in [4.69, 9.17) is 4.74 Å². The summed E-state index contributed by atoms with van der Waals surface area (Å²) in [4.78, 5) is 50.7. The summed E-state index contributed by atoms with van der Waals surface area (Å²) in [5.41, 5.74) is 0.717. The van der Waals surface area contributed by atoms with Gasteiger partial charge in [0, 0.05) is 24.2 Å². The molecule has 0 aromatic heterocycles. The van der Waals surface area contributed by atoms with Crippen molar-refractivity contribution in [2.75, 3.05) is 19.7 Å². The zero-order valence-electron chi connectivity index (χ0n) is 16.3. The third-order valence-corrected chi connectivity index (χ3v) is 4.96. The second-order valence-corrected chi connectivity index (χ2v) is 7.26. The molecule has 1 saturated heterocycles. The van der Waals surface area contributed by atoms with Crippen LogP contribution in [0, 0.1) is 5.92 Å². The van der Waals surface area contributed by atoms with Crippen LogP contribution in [0.5, 0.6) is 0 Å². The Morgan fingerprint density at radius 2 is 1.48 bits per heavy atom. The van der Waals surface area contributed by atoms with Gasteiger partial charge in [0.05, 0.1) is 5.56 Å². The lowest BCUT2D eigenvalue weighted by molar-refractivity contribution is -0.136. The van der Waals surface area contributed by atoms with Gasteiger partial charge in [0.25, 0.3) is 5.91 Å². The maximum Gasteiger partial charge on any atom is 0.338 e. The third-order valence-electron chi connectivity index (χ3n) is 4.96. The Bertz CT molecular complexity index is 905. The van der Waals surface area contributed by atoms with E-state index in [9.17, 15) is 19.2 Å². The number of rotatable bonds is 6. The van der Waals surface area contributed by atoms with E-state index in [0.717, 1.165) is 12.8 Å². The van der Waals surface area contributed by atoms with Gasteiger partial charge in [0.15, 0.2) is 6.61 Å². The standard InChI is InChI=1S/C23H23NO5/c1-16-6-5-13-24(14-16)20(25)15-29-23(28)19-11-9-18(10-12-19)22(27)21(26)17-7-3-2-4-8-17/h2-4,7-12,16H,5-6,13-15H2,1H3/t16-/m1/s1. The van der Waals surface area contributed by atoms with Crippen LogP contribution in [-0.4, -0.2) is 48.0 Å². The number of likely N-dealkylation sites (tertiary alicyclic amines) is 1. The van der Waals surface area contributed by atoms with E-state index >= 15 is 0 Å². The van der Waals surface area contributed by atoms with Gasteiger partial charge >= 0.3 is 5.97 Å². The molecule has 0 radical (unpaired) electrons. The van der Waals surface area contributed by atoms with Crippen LogP contribution in [0.15, 0.2) is 54.6 Å². The summed E-state index contributed by atoms with van der Waals surface area (Å²) in [6.45, 7) is 3.16. The van der Waals surface area contributed by atoms with Crippen molar-refractivity contribution in [3.8, 4) is 0 Å². The van der Waals surface area contributed by atoms with E-state index in [1.807, 2.05) is 0 Å². The zero-order chi connectivity index (χ0) is 20.8. The maximum atomic E-state index is 12.3. The van der Waals surface area contributed by atoms with Gasteiger partial charge < -0.3 is 9.64 Å². The first kappa shape index (κ1) is 20.5. The molecule has 150 valence electrons. The number of ketones is 2. The highest BCUT2D eigenvalue weighted by atomic mass is 16.5. The number of Topliss-reactive ketones (excluding diaryl/α,β-unsaturated/α-hetero) is 2. The van der Waals surface area contributed by atoms with Gasteiger partial charge in [-0.15, -0.1) is 0 Å². The molecule has 0 N–H and O–H groups in total. The fourth-order valence-corrected chi connectivity index (χ4v) is 3.33. The highest BCUT2D eigenvalue weighted by Gasteiger charge is 2.22. The summed E-state index contributed by atoms with van der Waals surface area (Å²) in [5, 5.41) is 0. The molecule has 0 bridgehead atoms. The fourth-order valence-electron chi connectivity index (χ4n) is 3.33. The van der Waals surface area contributed by atoms with Crippen molar-refractivity contribution in [3.05, 3.63) is 71.3 Å². The molecule has 6 nitrogen and oxygen atoms in total. The van der Waals surface area contributed by atoms with Crippen molar-refractivity contribution in [2.45, 2.75) is 19.8 Å². The predicted octanol–water partition coefficient (Wildman–Crippen LogP) is 3.17. The third kappa shape index (κ3) is 5.16. The number of ether oxygens (including phenoxy) is 1. The Balaban J connectivity index is 1.56. The molecule has 2 aromatic rings. The first-order valence-electron chi connectivity index (χ1n) is 9.64. The minimum Gasteiger partial charge on any atom is -0.452 e. The second kappa shape index (κ2) is 9.28. The van der Waals surface area contributed by atoms with Crippen molar-refractivity contribution < 1.29 is 23.9 Å². The molecule has 3 rings (SSSR count). The number of benzene rings is 2. The van der Waals surface area contributed by atoms with Crippen LogP contribution >= 0.6 is 0 Å². The van der Waals surface area contributed by atoms with E-state index < -0.39 is 17.5 Å².